The summed E-state index contributed by atoms with van der Waals surface area (Å²) in [7, 11) is 0. The molecule has 0 amide bonds. The summed E-state index contributed by atoms with van der Waals surface area (Å²) < 4.78 is 51.6. The van der Waals surface area contributed by atoms with E-state index in [1.807, 2.05) is 0 Å². The van der Waals surface area contributed by atoms with Gasteiger partial charge in [0.15, 0.2) is 0 Å². The zero-order chi connectivity index (χ0) is 15.3. The number of hydrogen-bond acceptors (Lipinski definition) is 1. The molecule has 5 heteroatoms. The summed E-state index contributed by atoms with van der Waals surface area (Å²) in [6.45, 7) is 0.864. The van der Waals surface area contributed by atoms with Gasteiger partial charge in [-0.1, -0.05) is 44.2 Å². The van der Waals surface area contributed by atoms with E-state index in [0.29, 0.717) is 5.92 Å². The highest BCUT2D eigenvalue weighted by molar-refractivity contribution is 5.28. The van der Waals surface area contributed by atoms with Crippen LogP contribution < -0.4 is 5.32 Å². The van der Waals surface area contributed by atoms with Crippen molar-refractivity contribution in [3.63, 3.8) is 0 Å². The zero-order valence-corrected chi connectivity index (χ0v) is 12.0. The Labute approximate surface area is 122 Å². The second-order valence-electron chi connectivity index (χ2n) is 5.75. The average molecular weight is 303 g/mol. The lowest BCUT2D eigenvalue weighted by molar-refractivity contribution is -0.140. The normalized spacial score (nSPS) is 17.1. The molecule has 1 fully saturated rings. The Kier molecular flexibility index (Phi) is 5.62. The first-order valence-corrected chi connectivity index (χ1v) is 7.54. The molecule has 0 aromatic heterocycles. The van der Waals surface area contributed by atoms with Crippen LogP contribution in [0.4, 0.5) is 17.6 Å². The number of nitrogens with one attached hydrogen (secondary N) is 1. The van der Waals surface area contributed by atoms with Crippen molar-refractivity contribution in [1.82, 2.24) is 5.32 Å². The van der Waals surface area contributed by atoms with E-state index >= 15 is 0 Å². The van der Waals surface area contributed by atoms with Crippen molar-refractivity contribution in [3.8, 4) is 0 Å². The van der Waals surface area contributed by atoms with Crippen LogP contribution in [0.25, 0.3) is 0 Å². The number of halogens is 4. The highest BCUT2D eigenvalue weighted by Crippen LogP contribution is 2.32. The third-order valence-electron chi connectivity index (χ3n) is 4.15. The van der Waals surface area contributed by atoms with Gasteiger partial charge in [0.1, 0.15) is 5.82 Å². The SMILES string of the molecule is Fc1c(CNCCC2CCCCC2)cccc1C(F)(F)F. The van der Waals surface area contributed by atoms with Crippen molar-refractivity contribution < 1.29 is 17.6 Å². The minimum absolute atomic E-state index is 0.0773. The molecule has 0 unspecified atom stereocenters. The lowest BCUT2D eigenvalue weighted by Gasteiger charge is -2.21. The van der Waals surface area contributed by atoms with E-state index in [1.165, 1.54) is 44.2 Å². The molecule has 0 atom stereocenters. The maximum absolute atomic E-state index is 13.8. The Balaban J connectivity index is 1.83. The summed E-state index contributed by atoms with van der Waals surface area (Å²) >= 11 is 0. The second-order valence-corrected chi connectivity index (χ2v) is 5.75. The maximum Gasteiger partial charge on any atom is 0.419 e. The van der Waals surface area contributed by atoms with Crippen molar-refractivity contribution >= 4 is 0 Å². The molecular formula is C16H21F4N. The fraction of sp³-hybridized carbons (Fsp3) is 0.625. The summed E-state index contributed by atoms with van der Waals surface area (Å²) in [5.41, 5.74) is -1.11. The molecule has 0 radical (unpaired) electrons. The lowest BCUT2D eigenvalue weighted by Crippen LogP contribution is -2.20. The fourth-order valence-electron chi connectivity index (χ4n) is 2.94. The molecule has 1 aliphatic carbocycles. The Morgan fingerprint density at radius 1 is 1.10 bits per heavy atom. The molecule has 1 saturated carbocycles. The van der Waals surface area contributed by atoms with E-state index in [1.54, 1.807) is 0 Å². The van der Waals surface area contributed by atoms with E-state index in [-0.39, 0.29) is 12.1 Å². The van der Waals surface area contributed by atoms with Crippen LogP contribution in [0.1, 0.15) is 49.7 Å². The first kappa shape index (κ1) is 16.3. The molecule has 118 valence electrons. The minimum atomic E-state index is -4.64. The molecule has 1 aliphatic rings. The Hall–Kier alpha value is -1.10. The van der Waals surface area contributed by atoms with Gasteiger partial charge in [-0.25, -0.2) is 4.39 Å². The Morgan fingerprint density at radius 3 is 2.48 bits per heavy atom. The Morgan fingerprint density at radius 2 is 1.81 bits per heavy atom. The van der Waals surface area contributed by atoms with E-state index in [4.69, 9.17) is 0 Å². The van der Waals surface area contributed by atoms with Gasteiger partial charge >= 0.3 is 6.18 Å². The van der Waals surface area contributed by atoms with Gasteiger partial charge in [0.2, 0.25) is 0 Å². The maximum atomic E-state index is 13.8. The molecular weight excluding hydrogens is 282 g/mol. The molecule has 1 N–H and O–H groups in total. The van der Waals surface area contributed by atoms with Gasteiger partial charge in [0, 0.05) is 12.1 Å². The van der Waals surface area contributed by atoms with Crippen LogP contribution in [0.5, 0.6) is 0 Å². The summed E-state index contributed by atoms with van der Waals surface area (Å²) in [4.78, 5) is 0. The Bertz CT molecular complexity index is 450. The fourth-order valence-corrected chi connectivity index (χ4v) is 2.94. The highest BCUT2D eigenvalue weighted by atomic mass is 19.4. The summed E-state index contributed by atoms with van der Waals surface area (Å²) in [6.07, 6.45) is 2.70. The summed E-state index contributed by atoms with van der Waals surface area (Å²) in [5, 5.41) is 3.06. The molecule has 0 spiro atoms. The second kappa shape index (κ2) is 7.25. The standard InChI is InChI=1S/C16H21F4N/c17-15-13(7-4-8-14(15)16(18,19)20)11-21-10-9-12-5-2-1-3-6-12/h4,7-8,12,21H,1-3,5-6,9-11H2. The molecule has 0 bridgehead atoms. The van der Waals surface area contributed by atoms with E-state index in [0.717, 1.165) is 19.0 Å². The van der Waals surface area contributed by atoms with Crippen LogP contribution in [-0.2, 0) is 12.7 Å². The molecule has 1 nitrogen and oxygen atoms in total. The zero-order valence-electron chi connectivity index (χ0n) is 12.0. The largest absolute Gasteiger partial charge is 0.419 e. The van der Waals surface area contributed by atoms with Crippen LogP contribution in [0, 0.1) is 11.7 Å². The van der Waals surface area contributed by atoms with Gasteiger partial charge in [-0.2, -0.15) is 13.2 Å². The van der Waals surface area contributed by atoms with Gasteiger partial charge < -0.3 is 5.32 Å². The van der Waals surface area contributed by atoms with E-state index < -0.39 is 17.6 Å². The highest BCUT2D eigenvalue weighted by Gasteiger charge is 2.34. The average Bonchev–Trinajstić information content (AvgIpc) is 2.45. The van der Waals surface area contributed by atoms with Gasteiger partial charge in [-0.3, -0.25) is 0 Å². The number of benzene rings is 1. The first-order valence-electron chi connectivity index (χ1n) is 7.54. The van der Waals surface area contributed by atoms with E-state index in [2.05, 4.69) is 5.32 Å². The summed E-state index contributed by atoms with van der Waals surface area (Å²) in [5.74, 6) is -0.451. The van der Waals surface area contributed by atoms with Crippen LogP contribution >= 0.6 is 0 Å². The summed E-state index contributed by atoms with van der Waals surface area (Å²) in [6, 6.07) is 3.43. The third kappa shape index (κ3) is 4.70. The van der Waals surface area contributed by atoms with Gasteiger partial charge in [0.05, 0.1) is 5.56 Å². The molecule has 1 aromatic carbocycles. The molecule has 1 aromatic rings. The van der Waals surface area contributed by atoms with Gasteiger partial charge in [-0.15, -0.1) is 0 Å². The van der Waals surface area contributed by atoms with Crippen LogP contribution in [0.2, 0.25) is 0 Å². The van der Waals surface area contributed by atoms with Gasteiger partial charge in [0.25, 0.3) is 0 Å². The van der Waals surface area contributed by atoms with Crippen molar-refractivity contribution in [2.75, 3.05) is 6.54 Å². The predicted octanol–water partition coefficient (Wildman–Crippen LogP) is 4.90. The topological polar surface area (TPSA) is 12.0 Å². The van der Waals surface area contributed by atoms with Crippen molar-refractivity contribution in [1.29, 1.82) is 0 Å². The molecule has 0 aliphatic heterocycles. The number of alkyl halides is 3. The first-order chi connectivity index (χ1) is 9.98. The molecule has 21 heavy (non-hydrogen) atoms. The monoisotopic (exact) mass is 303 g/mol. The third-order valence-corrected chi connectivity index (χ3v) is 4.15. The van der Waals surface area contributed by atoms with Crippen molar-refractivity contribution in [3.05, 3.63) is 35.1 Å². The smallest absolute Gasteiger partial charge is 0.313 e. The van der Waals surface area contributed by atoms with E-state index in [9.17, 15) is 17.6 Å². The van der Waals surface area contributed by atoms with Crippen LogP contribution in [-0.4, -0.2) is 6.54 Å². The quantitative estimate of drug-likeness (QED) is 0.602. The van der Waals surface area contributed by atoms with Gasteiger partial charge in [-0.05, 0) is 24.9 Å². The number of hydrogen-bond donors (Lipinski definition) is 1. The minimum Gasteiger partial charge on any atom is -0.313 e. The lowest BCUT2D eigenvalue weighted by atomic mass is 9.87. The molecule has 0 saturated heterocycles. The van der Waals surface area contributed by atoms with Crippen molar-refractivity contribution in [2.24, 2.45) is 5.92 Å². The predicted molar refractivity (Wildman–Crippen MR) is 74.3 cm³/mol. The van der Waals surface area contributed by atoms with Crippen LogP contribution in [0.3, 0.4) is 0 Å². The molecule has 0 heterocycles. The van der Waals surface area contributed by atoms with Crippen molar-refractivity contribution in [2.45, 2.75) is 51.2 Å². The number of rotatable bonds is 5. The van der Waals surface area contributed by atoms with Crippen LogP contribution in [0.15, 0.2) is 18.2 Å². The molecule has 2 rings (SSSR count).